The van der Waals surface area contributed by atoms with E-state index in [1.54, 1.807) is 6.92 Å². The number of esters is 1. The van der Waals surface area contributed by atoms with Crippen LogP contribution in [0.4, 0.5) is 0 Å². The maximum Gasteiger partial charge on any atom is 0.314 e. The van der Waals surface area contributed by atoms with Crippen molar-refractivity contribution in [2.75, 3.05) is 13.2 Å². The highest BCUT2D eigenvalue weighted by molar-refractivity contribution is 5.77. The Bertz CT molecular complexity index is 409. The number of ether oxygens (including phenoxy) is 3. The number of hydrogen-bond donors (Lipinski definition) is 0. The second-order valence-corrected chi connectivity index (χ2v) is 8.90. The van der Waals surface area contributed by atoms with Crippen molar-refractivity contribution < 1.29 is 19.0 Å². The molecule has 0 radical (unpaired) electrons. The molecule has 0 aliphatic rings. The molecule has 4 nitrogen and oxygen atoms in total. The summed E-state index contributed by atoms with van der Waals surface area (Å²) in [5.74, 6) is -0.170. The Morgan fingerprint density at radius 2 is 1.64 bits per heavy atom. The smallest absolute Gasteiger partial charge is 0.314 e. The number of carbonyl (C=O) groups is 1. The summed E-state index contributed by atoms with van der Waals surface area (Å²) in [6.07, 6.45) is 4.32. The van der Waals surface area contributed by atoms with E-state index in [0.29, 0.717) is 13.2 Å². The normalized spacial score (nSPS) is 16.0. The summed E-state index contributed by atoms with van der Waals surface area (Å²) in [7, 11) is 0. The molecule has 0 aromatic rings. The second kappa shape index (κ2) is 10.2. The van der Waals surface area contributed by atoms with Gasteiger partial charge in [-0.15, -0.1) is 0 Å². The van der Waals surface area contributed by atoms with Gasteiger partial charge in [-0.2, -0.15) is 0 Å². The highest BCUT2D eigenvalue weighted by Crippen LogP contribution is 2.49. The minimum Gasteiger partial charge on any atom is -0.502 e. The van der Waals surface area contributed by atoms with Crippen LogP contribution in [-0.4, -0.2) is 25.5 Å². The van der Waals surface area contributed by atoms with Crippen LogP contribution in [-0.2, 0) is 19.0 Å². The van der Waals surface area contributed by atoms with Crippen molar-refractivity contribution in [3.8, 4) is 0 Å². The van der Waals surface area contributed by atoms with Crippen LogP contribution in [0.25, 0.3) is 0 Å². The molecule has 0 heterocycles. The molecule has 0 saturated heterocycles. The van der Waals surface area contributed by atoms with Gasteiger partial charge in [0.2, 0.25) is 0 Å². The molecule has 0 bridgehead atoms. The van der Waals surface area contributed by atoms with Crippen molar-refractivity contribution in [1.82, 2.24) is 0 Å². The Balaban J connectivity index is 4.74. The molecule has 0 aromatic carbocycles. The van der Waals surface area contributed by atoms with Gasteiger partial charge in [0.25, 0.3) is 0 Å². The van der Waals surface area contributed by atoms with Gasteiger partial charge in [-0.25, -0.2) is 0 Å². The maximum atomic E-state index is 13.0. The molecule has 0 aliphatic heterocycles. The molecule has 0 saturated carbocycles. The van der Waals surface area contributed by atoms with E-state index in [1.165, 1.54) is 6.26 Å². The van der Waals surface area contributed by atoms with Gasteiger partial charge in [-0.05, 0) is 50.4 Å². The molecule has 0 N–H and O–H groups in total. The molecule has 148 valence electrons. The van der Waals surface area contributed by atoms with Crippen molar-refractivity contribution in [2.45, 2.75) is 87.4 Å². The van der Waals surface area contributed by atoms with Crippen molar-refractivity contribution in [3.63, 3.8) is 0 Å². The lowest BCUT2D eigenvalue weighted by atomic mass is 9.59. The fraction of sp³-hybridized carbons (Fsp3) is 0.857. The highest BCUT2D eigenvalue weighted by Gasteiger charge is 2.49. The van der Waals surface area contributed by atoms with Gasteiger partial charge in [0.1, 0.15) is 0 Å². The maximum absolute atomic E-state index is 13.0. The standard InChI is InChI=1S/C21H40O4/c1-10-20(7,8)21(9,16-19(4,5)6)18(22)25-17(3)24-15-13-12-14-23-11-2/h11,17H,2,10,12-16H2,1,3-9H3. The van der Waals surface area contributed by atoms with E-state index in [9.17, 15) is 4.79 Å². The largest absolute Gasteiger partial charge is 0.502 e. The molecule has 0 spiro atoms. The predicted molar refractivity (Wildman–Crippen MR) is 103 cm³/mol. The summed E-state index contributed by atoms with van der Waals surface area (Å²) >= 11 is 0. The lowest BCUT2D eigenvalue weighted by Gasteiger charge is -2.45. The van der Waals surface area contributed by atoms with Crippen LogP contribution in [0.15, 0.2) is 12.8 Å². The van der Waals surface area contributed by atoms with E-state index in [1.807, 2.05) is 6.92 Å². The van der Waals surface area contributed by atoms with Crippen molar-refractivity contribution >= 4 is 5.97 Å². The van der Waals surface area contributed by atoms with Gasteiger partial charge in [-0.3, -0.25) is 4.79 Å². The molecule has 0 aliphatic carbocycles. The Morgan fingerprint density at radius 1 is 1.08 bits per heavy atom. The molecule has 2 atom stereocenters. The zero-order chi connectivity index (χ0) is 19.7. The van der Waals surface area contributed by atoms with E-state index < -0.39 is 11.7 Å². The van der Waals surface area contributed by atoms with Crippen LogP contribution < -0.4 is 0 Å². The second-order valence-electron chi connectivity index (χ2n) is 8.90. The molecule has 0 aromatic heterocycles. The minimum absolute atomic E-state index is 0.0372. The van der Waals surface area contributed by atoms with Gasteiger partial charge >= 0.3 is 5.97 Å². The molecule has 0 rings (SSSR count). The first-order chi connectivity index (χ1) is 11.4. The van der Waals surface area contributed by atoms with E-state index in [4.69, 9.17) is 14.2 Å². The fourth-order valence-electron chi connectivity index (χ4n) is 2.97. The molecule has 0 amide bonds. The third kappa shape index (κ3) is 8.26. The van der Waals surface area contributed by atoms with Crippen molar-refractivity contribution in [1.29, 1.82) is 0 Å². The van der Waals surface area contributed by atoms with E-state index in [2.05, 4.69) is 48.1 Å². The Kier molecular flexibility index (Phi) is 9.78. The third-order valence-corrected chi connectivity index (χ3v) is 5.11. The van der Waals surface area contributed by atoms with Crippen LogP contribution >= 0.6 is 0 Å². The average Bonchev–Trinajstić information content (AvgIpc) is 2.48. The Morgan fingerprint density at radius 3 is 2.12 bits per heavy atom. The topological polar surface area (TPSA) is 44.8 Å². The molecular weight excluding hydrogens is 316 g/mol. The first kappa shape index (κ1) is 24.0. The van der Waals surface area contributed by atoms with Crippen LogP contribution in [0.1, 0.15) is 81.1 Å². The first-order valence-corrected chi connectivity index (χ1v) is 9.45. The summed E-state index contributed by atoms with van der Waals surface area (Å²) < 4.78 is 16.4. The molecule has 2 unspecified atom stereocenters. The van der Waals surface area contributed by atoms with Crippen molar-refractivity contribution in [3.05, 3.63) is 12.8 Å². The van der Waals surface area contributed by atoms with Crippen LogP contribution in [0, 0.1) is 16.2 Å². The summed E-state index contributed by atoms with van der Waals surface area (Å²) in [5, 5.41) is 0. The number of rotatable bonds is 12. The van der Waals surface area contributed by atoms with Gasteiger partial charge in [-0.1, -0.05) is 48.1 Å². The lowest BCUT2D eigenvalue weighted by Crippen LogP contribution is -2.46. The average molecular weight is 357 g/mol. The summed E-state index contributed by atoms with van der Waals surface area (Å²) in [5.41, 5.74) is -0.677. The summed E-state index contributed by atoms with van der Waals surface area (Å²) in [6.45, 7) is 21.4. The third-order valence-electron chi connectivity index (χ3n) is 5.11. The van der Waals surface area contributed by atoms with E-state index in [0.717, 1.165) is 25.7 Å². The summed E-state index contributed by atoms with van der Waals surface area (Å²) in [6, 6.07) is 0. The molecule has 25 heavy (non-hydrogen) atoms. The lowest BCUT2D eigenvalue weighted by molar-refractivity contribution is -0.195. The zero-order valence-electron chi connectivity index (χ0n) is 17.7. The number of unbranched alkanes of at least 4 members (excludes halogenated alkanes) is 1. The zero-order valence-corrected chi connectivity index (χ0v) is 17.7. The molecular formula is C21H40O4. The van der Waals surface area contributed by atoms with Gasteiger partial charge in [0.05, 0.1) is 24.9 Å². The fourth-order valence-corrected chi connectivity index (χ4v) is 2.97. The quantitative estimate of drug-likeness (QED) is 0.194. The monoisotopic (exact) mass is 356 g/mol. The van der Waals surface area contributed by atoms with Crippen molar-refractivity contribution in [2.24, 2.45) is 16.2 Å². The van der Waals surface area contributed by atoms with Gasteiger partial charge in [0, 0.05) is 0 Å². The van der Waals surface area contributed by atoms with Gasteiger partial charge < -0.3 is 14.2 Å². The van der Waals surface area contributed by atoms with Crippen LogP contribution in [0.2, 0.25) is 0 Å². The Labute approximate surface area is 155 Å². The van der Waals surface area contributed by atoms with Crippen LogP contribution in [0.5, 0.6) is 0 Å². The first-order valence-electron chi connectivity index (χ1n) is 9.45. The van der Waals surface area contributed by atoms with Gasteiger partial charge in [0.15, 0.2) is 6.29 Å². The molecule has 4 heteroatoms. The molecule has 0 fully saturated rings. The summed E-state index contributed by atoms with van der Waals surface area (Å²) in [4.78, 5) is 13.0. The van der Waals surface area contributed by atoms with E-state index >= 15 is 0 Å². The number of hydrogen-bond acceptors (Lipinski definition) is 4. The Hall–Kier alpha value is -1.03. The van der Waals surface area contributed by atoms with Crippen LogP contribution in [0.3, 0.4) is 0 Å². The van der Waals surface area contributed by atoms with E-state index in [-0.39, 0.29) is 16.8 Å². The predicted octanol–water partition coefficient (Wildman–Crippen LogP) is 5.71. The minimum atomic E-state index is -0.560. The SMILES string of the molecule is C=COCCCCOC(C)OC(=O)C(C)(CC(C)(C)C)C(C)(C)CC. The number of carbonyl (C=O) groups excluding carboxylic acids is 1. The highest BCUT2D eigenvalue weighted by atomic mass is 16.7.